The Morgan fingerprint density at radius 3 is 2.70 bits per heavy atom. The summed E-state index contributed by atoms with van der Waals surface area (Å²) in [5.41, 5.74) is 0. The number of hydrogen-bond acceptors (Lipinski definition) is 5. The Hall–Kier alpha value is -1.80. The summed E-state index contributed by atoms with van der Waals surface area (Å²) in [4.78, 5) is 13.7. The summed E-state index contributed by atoms with van der Waals surface area (Å²) in [6.45, 7) is 1.62. The number of aliphatic hydroxyl groups is 1. The number of sulfone groups is 1. The maximum Gasteiger partial charge on any atom is 0.317 e. The lowest BCUT2D eigenvalue weighted by atomic mass is 10.1. The van der Waals surface area contributed by atoms with Crippen molar-refractivity contribution in [3.8, 4) is 5.75 Å². The first-order chi connectivity index (χ1) is 10.9. The SMILES string of the molecule is CS(=O)(=O)c1ccc(OCCNC(=O)N2CCC[C@@H](O)C2)cc1. The Labute approximate surface area is 136 Å². The fourth-order valence-electron chi connectivity index (χ4n) is 2.36. The molecule has 1 aromatic rings. The number of piperidine rings is 1. The van der Waals surface area contributed by atoms with Gasteiger partial charge in [-0.2, -0.15) is 0 Å². The molecule has 1 aliphatic rings. The van der Waals surface area contributed by atoms with Crippen LogP contribution in [0.5, 0.6) is 5.75 Å². The smallest absolute Gasteiger partial charge is 0.317 e. The third-order valence-corrected chi connectivity index (χ3v) is 4.71. The van der Waals surface area contributed by atoms with Gasteiger partial charge in [0.05, 0.1) is 17.5 Å². The standard InChI is InChI=1S/C15H22N2O5S/c1-23(20,21)14-6-4-13(5-7-14)22-10-8-16-15(19)17-9-2-3-12(18)11-17/h4-7,12,18H,2-3,8-11H2,1H3,(H,16,19)/t12-/m1/s1. The number of rotatable bonds is 5. The maximum atomic E-state index is 11.9. The van der Waals surface area contributed by atoms with E-state index in [2.05, 4.69) is 5.32 Å². The predicted molar refractivity (Wildman–Crippen MR) is 85.3 cm³/mol. The average Bonchev–Trinajstić information content (AvgIpc) is 2.51. The third-order valence-electron chi connectivity index (χ3n) is 3.58. The van der Waals surface area contributed by atoms with Gasteiger partial charge in [-0.25, -0.2) is 13.2 Å². The zero-order chi connectivity index (χ0) is 16.9. The molecule has 0 saturated carbocycles. The normalized spacial score (nSPS) is 18.5. The second kappa shape index (κ2) is 7.65. The second-order valence-corrected chi connectivity index (χ2v) is 7.58. The number of benzene rings is 1. The summed E-state index contributed by atoms with van der Waals surface area (Å²) >= 11 is 0. The van der Waals surface area contributed by atoms with Crippen molar-refractivity contribution in [2.45, 2.75) is 23.8 Å². The first-order valence-corrected chi connectivity index (χ1v) is 9.39. The Balaban J connectivity index is 1.72. The second-order valence-electron chi connectivity index (χ2n) is 5.57. The molecular weight excluding hydrogens is 320 g/mol. The minimum Gasteiger partial charge on any atom is -0.492 e. The van der Waals surface area contributed by atoms with Gasteiger partial charge in [-0.15, -0.1) is 0 Å². The summed E-state index contributed by atoms with van der Waals surface area (Å²) in [5, 5.41) is 12.3. The van der Waals surface area contributed by atoms with Crippen LogP contribution < -0.4 is 10.1 Å². The quantitative estimate of drug-likeness (QED) is 0.766. The van der Waals surface area contributed by atoms with Gasteiger partial charge in [-0.3, -0.25) is 0 Å². The number of aliphatic hydroxyl groups excluding tert-OH is 1. The molecule has 128 valence electrons. The molecular formula is C15H22N2O5S. The molecule has 1 fully saturated rings. The van der Waals surface area contributed by atoms with Crippen molar-refractivity contribution in [3.05, 3.63) is 24.3 Å². The zero-order valence-corrected chi connectivity index (χ0v) is 13.9. The van der Waals surface area contributed by atoms with Crippen LogP contribution in [0.25, 0.3) is 0 Å². The molecule has 0 bridgehead atoms. The molecule has 0 aromatic heterocycles. The van der Waals surface area contributed by atoms with Crippen LogP contribution >= 0.6 is 0 Å². The van der Waals surface area contributed by atoms with Crippen LogP contribution in [-0.2, 0) is 9.84 Å². The van der Waals surface area contributed by atoms with Crippen molar-refractivity contribution < 1.29 is 23.1 Å². The third kappa shape index (κ3) is 5.40. The molecule has 1 heterocycles. The van der Waals surface area contributed by atoms with Crippen molar-refractivity contribution >= 4 is 15.9 Å². The number of hydrogen-bond donors (Lipinski definition) is 2. The van der Waals surface area contributed by atoms with E-state index in [0.717, 1.165) is 19.1 Å². The van der Waals surface area contributed by atoms with Crippen LogP contribution in [-0.4, -0.2) is 63.1 Å². The largest absolute Gasteiger partial charge is 0.492 e. The van der Waals surface area contributed by atoms with E-state index in [4.69, 9.17) is 4.74 Å². The van der Waals surface area contributed by atoms with Gasteiger partial charge in [-0.1, -0.05) is 0 Å². The van der Waals surface area contributed by atoms with Crippen LogP contribution in [0.3, 0.4) is 0 Å². The van der Waals surface area contributed by atoms with Gasteiger partial charge >= 0.3 is 6.03 Å². The zero-order valence-electron chi connectivity index (χ0n) is 13.1. The molecule has 2 rings (SSSR count). The van der Waals surface area contributed by atoms with Gasteiger partial charge in [0.15, 0.2) is 9.84 Å². The molecule has 1 saturated heterocycles. The van der Waals surface area contributed by atoms with E-state index in [0.29, 0.717) is 25.4 Å². The monoisotopic (exact) mass is 342 g/mol. The molecule has 7 nitrogen and oxygen atoms in total. The number of carbonyl (C=O) groups is 1. The highest BCUT2D eigenvalue weighted by Gasteiger charge is 2.21. The molecule has 0 spiro atoms. The van der Waals surface area contributed by atoms with E-state index in [1.807, 2.05) is 0 Å². The molecule has 23 heavy (non-hydrogen) atoms. The molecule has 2 amide bonds. The minimum absolute atomic E-state index is 0.209. The minimum atomic E-state index is -3.21. The summed E-state index contributed by atoms with van der Waals surface area (Å²) in [6.07, 6.45) is 2.24. The van der Waals surface area contributed by atoms with Gasteiger partial charge in [0, 0.05) is 19.3 Å². The first kappa shape index (κ1) is 17.6. The lowest BCUT2D eigenvalue weighted by molar-refractivity contribution is 0.0840. The van der Waals surface area contributed by atoms with Crippen LogP contribution in [0.1, 0.15) is 12.8 Å². The van der Waals surface area contributed by atoms with Crippen molar-refractivity contribution in [3.63, 3.8) is 0 Å². The predicted octanol–water partition coefficient (Wildman–Crippen LogP) is 0.635. The van der Waals surface area contributed by atoms with Gasteiger partial charge in [-0.05, 0) is 37.1 Å². The number of nitrogens with one attached hydrogen (secondary N) is 1. The lowest BCUT2D eigenvalue weighted by Crippen LogP contribution is -2.47. The summed E-state index contributed by atoms with van der Waals surface area (Å²) < 4.78 is 28.1. The summed E-state index contributed by atoms with van der Waals surface area (Å²) in [5.74, 6) is 0.542. The van der Waals surface area contributed by atoms with Gasteiger partial charge in [0.25, 0.3) is 0 Å². The number of carbonyl (C=O) groups excluding carboxylic acids is 1. The highest BCUT2D eigenvalue weighted by atomic mass is 32.2. The van der Waals surface area contributed by atoms with Crippen LogP contribution in [0.4, 0.5) is 4.79 Å². The Kier molecular flexibility index (Phi) is 5.84. The van der Waals surface area contributed by atoms with E-state index >= 15 is 0 Å². The summed E-state index contributed by atoms with van der Waals surface area (Å²) in [6, 6.07) is 5.93. The maximum absolute atomic E-state index is 11.9. The Morgan fingerprint density at radius 1 is 1.39 bits per heavy atom. The molecule has 1 aliphatic heterocycles. The highest BCUT2D eigenvalue weighted by molar-refractivity contribution is 7.90. The molecule has 8 heteroatoms. The van der Waals surface area contributed by atoms with Gasteiger partial charge < -0.3 is 20.1 Å². The molecule has 2 N–H and O–H groups in total. The number of amides is 2. The fourth-order valence-corrected chi connectivity index (χ4v) is 2.99. The van der Waals surface area contributed by atoms with E-state index in [-0.39, 0.29) is 17.5 Å². The van der Waals surface area contributed by atoms with Crippen LogP contribution in [0, 0.1) is 0 Å². The van der Waals surface area contributed by atoms with Crippen molar-refractivity contribution in [1.82, 2.24) is 10.2 Å². The number of β-amino-alcohol motifs (C(OH)–C–C–N with tert-alkyl or cyclic N) is 1. The molecule has 0 radical (unpaired) electrons. The molecule has 1 atom stereocenters. The number of ether oxygens (including phenoxy) is 1. The van der Waals surface area contributed by atoms with E-state index in [1.54, 1.807) is 17.0 Å². The average molecular weight is 342 g/mol. The van der Waals surface area contributed by atoms with Crippen molar-refractivity contribution in [2.75, 3.05) is 32.5 Å². The highest BCUT2D eigenvalue weighted by Crippen LogP contribution is 2.15. The first-order valence-electron chi connectivity index (χ1n) is 7.50. The van der Waals surface area contributed by atoms with Crippen LogP contribution in [0.15, 0.2) is 29.2 Å². The Bertz CT molecular complexity index is 630. The number of nitrogens with zero attached hydrogens (tertiary/aromatic N) is 1. The van der Waals surface area contributed by atoms with E-state index in [1.165, 1.54) is 12.1 Å². The van der Waals surface area contributed by atoms with Crippen LogP contribution in [0.2, 0.25) is 0 Å². The Morgan fingerprint density at radius 2 is 2.09 bits per heavy atom. The molecule has 1 aromatic carbocycles. The number of urea groups is 1. The van der Waals surface area contributed by atoms with Gasteiger partial charge in [0.2, 0.25) is 0 Å². The molecule has 0 unspecified atom stereocenters. The summed E-state index contributed by atoms with van der Waals surface area (Å²) in [7, 11) is -3.21. The van der Waals surface area contributed by atoms with Crippen molar-refractivity contribution in [1.29, 1.82) is 0 Å². The number of likely N-dealkylation sites (tertiary alicyclic amines) is 1. The van der Waals surface area contributed by atoms with Gasteiger partial charge in [0.1, 0.15) is 12.4 Å². The fraction of sp³-hybridized carbons (Fsp3) is 0.533. The van der Waals surface area contributed by atoms with E-state index < -0.39 is 15.9 Å². The lowest BCUT2D eigenvalue weighted by Gasteiger charge is -2.30. The topological polar surface area (TPSA) is 95.9 Å². The van der Waals surface area contributed by atoms with Crippen molar-refractivity contribution in [2.24, 2.45) is 0 Å². The van der Waals surface area contributed by atoms with E-state index in [9.17, 15) is 18.3 Å². The molecule has 0 aliphatic carbocycles.